The molecule has 1 saturated carbocycles. The van der Waals surface area contributed by atoms with Gasteiger partial charge < -0.3 is 4.74 Å². The van der Waals surface area contributed by atoms with Gasteiger partial charge in [-0.3, -0.25) is 0 Å². The minimum Gasteiger partial charge on any atom is -0.490 e. The van der Waals surface area contributed by atoms with Crippen molar-refractivity contribution in [1.82, 2.24) is 0 Å². The first-order chi connectivity index (χ1) is 8.83. The summed E-state index contributed by atoms with van der Waals surface area (Å²) in [6.45, 7) is 0. The van der Waals surface area contributed by atoms with Gasteiger partial charge in [-0.2, -0.15) is 0 Å². The van der Waals surface area contributed by atoms with Crippen LogP contribution < -0.4 is 4.74 Å². The molecule has 18 heavy (non-hydrogen) atoms. The number of benzene rings is 1. The van der Waals surface area contributed by atoms with Gasteiger partial charge >= 0.3 is 0 Å². The molecule has 2 unspecified atom stereocenters. The van der Waals surface area contributed by atoms with Crippen molar-refractivity contribution in [2.24, 2.45) is 5.92 Å². The molecule has 2 atom stereocenters. The summed E-state index contributed by atoms with van der Waals surface area (Å²) in [5, 5.41) is 0. The molecule has 0 saturated heterocycles. The number of ether oxygens (including phenoxy) is 1. The predicted molar refractivity (Wildman–Crippen MR) is 78.5 cm³/mol. The van der Waals surface area contributed by atoms with Crippen LogP contribution in [0.15, 0.2) is 24.3 Å². The number of fused-ring (bicyclic) bond motifs is 1. The van der Waals surface area contributed by atoms with E-state index in [4.69, 9.17) is 4.74 Å². The van der Waals surface area contributed by atoms with Gasteiger partial charge in [-0.25, -0.2) is 0 Å². The first kappa shape index (κ1) is 12.5. The van der Waals surface area contributed by atoms with Crippen molar-refractivity contribution in [3.63, 3.8) is 0 Å². The van der Waals surface area contributed by atoms with E-state index in [-0.39, 0.29) is 0 Å². The Kier molecular flexibility index (Phi) is 3.93. The summed E-state index contributed by atoms with van der Waals surface area (Å²) in [5.74, 6) is 2.02. The van der Waals surface area contributed by atoms with Crippen LogP contribution in [0.25, 0.3) is 0 Å². The Labute approximate surface area is 118 Å². The van der Waals surface area contributed by atoms with E-state index < -0.39 is 0 Å². The van der Waals surface area contributed by atoms with Crippen LogP contribution in [0, 0.1) is 5.92 Å². The average molecular weight is 309 g/mol. The van der Waals surface area contributed by atoms with Crippen LogP contribution in [0.3, 0.4) is 0 Å². The van der Waals surface area contributed by atoms with Gasteiger partial charge in [0.1, 0.15) is 11.9 Å². The molecule has 2 heteroatoms. The van der Waals surface area contributed by atoms with Crippen molar-refractivity contribution >= 4 is 15.9 Å². The Balaban J connectivity index is 1.48. The minimum absolute atomic E-state index is 0.406. The third-order valence-corrected chi connectivity index (χ3v) is 5.60. The summed E-state index contributed by atoms with van der Waals surface area (Å²) in [7, 11) is 0. The highest BCUT2D eigenvalue weighted by atomic mass is 79.9. The number of hydrogen-bond acceptors (Lipinski definition) is 1. The van der Waals surface area contributed by atoms with Crippen molar-refractivity contribution in [3.05, 3.63) is 29.8 Å². The maximum atomic E-state index is 6.00. The van der Waals surface area contributed by atoms with Crippen LogP contribution in [-0.4, -0.2) is 10.9 Å². The molecule has 0 bridgehead atoms. The summed E-state index contributed by atoms with van der Waals surface area (Å²) >= 11 is 3.89. The van der Waals surface area contributed by atoms with Crippen molar-refractivity contribution < 1.29 is 4.74 Å². The molecule has 0 radical (unpaired) electrons. The summed E-state index contributed by atoms with van der Waals surface area (Å²) in [5.41, 5.74) is 1.38. The van der Waals surface area contributed by atoms with E-state index in [9.17, 15) is 0 Å². The van der Waals surface area contributed by atoms with Gasteiger partial charge in [0, 0.05) is 11.2 Å². The number of rotatable bonds is 4. The predicted octanol–water partition coefficient (Wildman–Crippen LogP) is 4.72. The van der Waals surface area contributed by atoms with Crippen LogP contribution >= 0.6 is 15.9 Å². The minimum atomic E-state index is 0.406. The second-order valence-electron chi connectivity index (χ2n) is 5.69. The van der Waals surface area contributed by atoms with Crippen molar-refractivity contribution in [2.45, 2.75) is 55.9 Å². The lowest BCUT2D eigenvalue weighted by Crippen LogP contribution is -2.18. The van der Waals surface area contributed by atoms with Crippen LogP contribution in [0.5, 0.6) is 5.75 Å². The van der Waals surface area contributed by atoms with Crippen LogP contribution in [0.1, 0.15) is 44.1 Å². The van der Waals surface area contributed by atoms with Crippen molar-refractivity contribution in [3.8, 4) is 5.75 Å². The van der Waals surface area contributed by atoms with Crippen LogP contribution in [0.4, 0.5) is 0 Å². The Hall–Kier alpha value is -0.500. The molecule has 1 aromatic rings. The van der Waals surface area contributed by atoms with Gasteiger partial charge in [-0.05, 0) is 43.2 Å². The molecule has 2 aliphatic rings. The zero-order valence-electron chi connectivity index (χ0n) is 10.8. The molecule has 0 spiro atoms. The summed E-state index contributed by atoms with van der Waals surface area (Å²) in [6, 6.07) is 8.46. The number of alkyl halides is 1. The standard InChI is InChI=1S/C16H21BrO/c17-15(12-5-1-2-6-12)10-9-14-11-13-7-3-4-8-16(13)18-14/h3-4,7-8,12,14-15H,1-2,5-6,9-11H2. The van der Waals surface area contributed by atoms with E-state index in [1.54, 1.807) is 0 Å². The van der Waals surface area contributed by atoms with Gasteiger partial charge in [-0.1, -0.05) is 47.0 Å². The van der Waals surface area contributed by atoms with Gasteiger partial charge in [0.25, 0.3) is 0 Å². The summed E-state index contributed by atoms with van der Waals surface area (Å²) < 4.78 is 6.00. The first-order valence-corrected chi connectivity index (χ1v) is 8.13. The molecule has 1 nitrogen and oxygen atoms in total. The molecule has 1 aliphatic carbocycles. The molecular weight excluding hydrogens is 288 g/mol. The van der Waals surface area contributed by atoms with Gasteiger partial charge in [0.05, 0.1) is 0 Å². The van der Waals surface area contributed by atoms with Gasteiger partial charge in [0.15, 0.2) is 0 Å². The Morgan fingerprint density at radius 3 is 2.78 bits per heavy atom. The smallest absolute Gasteiger partial charge is 0.123 e. The Bertz CT molecular complexity index is 373. The molecule has 98 valence electrons. The highest BCUT2D eigenvalue weighted by Gasteiger charge is 2.26. The molecule has 0 amide bonds. The Morgan fingerprint density at radius 1 is 1.22 bits per heavy atom. The second kappa shape index (κ2) is 5.64. The molecule has 0 aromatic heterocycles. The van der Waals surface area contributed by atoms with E-state index in [2.05, 4.69) is 40.2 Å². The molecule has 3 rings (SSSR count). The summed E-state index contributed by atoms with van der Waals surface area (Å²) in [6.07, 6.45) is 9.63. The summed E-state index contributed by atoms with van der Waals surface area (Å²) in [4.78, 5) is 0.701. The fourth-order valence-corrected chi connectivity index (χ4v) is 4.11. The van der Waals surface area contributed by atoms with Gasteiger partial charge in [0.2, 0.25) is 0 Å². The molecule has 1 aliphatic heterocycles. The van der Waals surface area contributed by atoms with E-state index in [1.165, 1.54) is 44.1 Å². The fourth-order valence-electron chi connectivity index (χ4n) is 3.31. The lowest BCUT2D eigenvalue weighted by atomic mass is 9.98. The third-order valence-electron chi connectivity index (χ3n) is 4.39. The quantitative estimate of drug-likeness (QED) is 0.731. The SMILES string of the molecule is BrC(CCC1Cc2ccccc2O1)C1CCCC1. The second-order valence-corrected chi connectivity index (χ2v) is 6.87. The average Bonchev–Trinajstić information content (AvgIpc) is 3.04. The molecular formula is C16H21BrO. The molecule has 1 fully saturated rings. The topological polar surface area (TPSA) is 9.23 Å². The molecule has 1 aromatic carbocycles. The maximum absolute atomic E-state index is 6.00. The monoisotopic (exact) mass is 308 g/mol. The van der Waals surface area contributed by atoms with E-state index in [1.807, 2.05) is 0 Å². The van der Waals surface area contributed by atoms with Crippen LogP contribution in [0.2, 0.25) is 0 Å². The van der Waals surface area contributed by atoms with Crippen molar-refractivity contribution in [1.29, 1.82) is 0 Å². The maximum Gasteiger partial charge on any atom is 0.123 e. The highest BCUT2D eigenvalue weighted by molar-refractivity contribution is 9.09. The lowest BCUT2D eigenvalue weighted by molar-refractivity contribution is 0.215. The number of para-hydroxylation sites is 1. The van der Waals surface area contributed by atoms with E-state index in [0.717, 1.165) is 18.1 Å². The number of hydrogen-bond donors (Lipinski definition) is 0. The highest BCUT2D eigenvalue weighted by Crippen LogP contribution is 2.35. The fraction of sp³-hybridized carbons (Fsp3) is 0.625. The van der Waals surface area contributed by atoms with E-state index >= 15 is 0 Å². The van der Waals surface area contributed by atoms with Gasteiger partial charge in [-0.15, -0.1) is 0 Å². The third kappa shape index (κ3) is 2.74. The van der Waals surface area contributed by atoms with Crippen molar-refractivity contribution in [2.75, 3.05) is 0 Å². The van der Waals surface area contributed by atoms with Crippen LogP contribution in [-0.2, 0) is 6.42 Å². The zero-order valence-corrected chi connectivity index (χ0v) is 12.4. The van der Waals surface area contributed by atoms with E-state index in [0.29, 0.717) is 10.9 Å². The molecule has 0 N–H and O–H groups in total. The number of halogens is 1. The molecule has 1 heterocycles. The largest absolute Gasteiger partial charge is 0.490 e. The normalized spacial score (nSPS) is 24.8. The Morgan fingerprint density at radius 2 is 2.00 bits per heavy atom. The lowest BCUT2D eigenvalue weighted by Gasteiger charge is -2.19. The zero-order chi connectivity index (χ0) is 12.4. The first-order valence-electron chi connectivity index (χ1n) is 7.21.